The van der Waals surface area contributed by atoms with Crippen LogP contribution in [0.15, 0.2) is 40.8 Å². The molecule has 2 N–H and O–H groups in total. The van der Waals surface area contributed by atoms with E-state index in [4.69, 9.17) is 4.42 Å². The molecule has 4 heteroatoms. The molecule has 0 aliphatic carbocycles. The second kappa shape index (κ2) is 6.03. The molecule has 2 bridgehead atoms. The lowest BCUT2D eigenvalue weighted by molar-refractivity contribution is 0.0903. The third-order valence-electron chi connectivity index (χ3n) is 5.48. The van der Waals surface area contributed by atoms with Crippen molar-refractivity contribution in [1.82, 2.24) is 10.6 Å². The molecule has 4 rings (SSSR count). The molecule has 1 aromatic heterocycles. The molecule has 1 amide bonds. The number of furan rings is 1. The number of fused-ring (bicyclic) bond motifs is 2. The first kappa shape index (κ1) is 16.4. The van der Waals surface area contributed by atoms with Crippen LogP contribution < -0.4 is 10.6 Å². The van der Waals surface area contributed by atoms with Gasteiger partial charge in [-0.15, -0.1) is 0 Å². The van der Waals surface area contributed by atoms with Crippen LogP contribution in [0.3, 0.4) is 0 Å². The van der Waals surface area contributed by atoms with E-state index in [-0.39, 0.29) is 17.4 Å². The predicted molar refractivity (Wildman–Crippen MR) is 98.7 cm³/mol. The summed E-state index contributed by atoms with van der Waals surface area (Å²) in [7, 11) is 0. The fourth-order valence-corrected chi connectivity index (χ4v) is 3.97. The minimum Gasteiger partial charge on any atom is -0.451 e. The van der Waals surface area contributed by atoms with Gasteiger partial charge in [0, 0.05) is 23.7 Å². The first-order valence-electron chi connectivity index (χ1n) is 9.18. The predicted octanol–water partition coefficient (Wildman–Crippen LogP) is 3.87. The van der Waals surface area contributed by atoms with Crippen molar-refractivity contribution in [3.05, 3.63) is 47.7 Å². The SMILES string of the molecule is CC(C)(C)c1ccc(-c2ccc(C(=O)N[C@@H]3C[C@H]4CC[C@@H]3N4)o2)cc1. The van der Waals surface area contributed by atoms with E-state index in [1.165, 1.54) is 12.0 Å². The Kier molecular flexibility index (Phi) is 3.95. The van der Waals surface area contributed by atoms with E-state index < -0.39 is 0 Å². The Morgan fingerprint density at radius 3 is 2.48 bits per heavy atom. The quantitative estimate of drug-likeness (QED) is 0.893. The maximum Gasteiger partial charge on any atom is 0.287 e. The molecule has 1 aromatic carbocycles. The van der Waals surface area contributed by atoms with Gasteiger partial charge in [0.1, 0.15) is 5.76 Å². The Morgan fingerprint density at radius 2 is 1.88 bits per heavy atom. The Morgan fingerprint density at radius 1 is 1.12 bits per heavy atom. The summed E-state index contributed by atoms with van der Waals surface area (Å²) in [6, 6.07) is 13.2. The van der Waals surface area contributed by atoms with Crippen LogP contribution in [0.1, 0.15) is 56.2 Å². The molecule has 2 aromatic rings. The molecule has 4 nitrogen and oxygen atoms in total. The summed E-state index contributed by atoms with van der Waals surface area (Å²) in [5.41, 5.74) is 2.40. The van der Waals surface area contributed by atoms with Gasteiger partial charge in [-0.2, -0.15) is 0 Å². The third kappa shape index (κ3) is 3.23. The van der Waals surface area contributed by atoms with E-state index in [1.807, 2.05) is 6.07 Å². The monoisotopic (exact) mass is 338 g/mol. The number of hydrogen-bond donors (Lipinski definition) is 2. The van der Waals surface area contributed by atoms with Crippen molar-refractivity contribution in [1.29, 1.82) is 0 Å². The standard InChI is InChI=1S/C21H26N2O2/c1-21(2,3)14-6-4-13(5-7-14)18-10-11-19(25-18)20(24)23-17-12-15-8-9-16(17)22-15/h4-7,10-11,15-17,22H,8-9,12H2,1-3H3,(H,23,24)/t15-,16+,17-/m1/s1. The highest BCUT2D eigenvalue weighted by molar-refractivity contribution is 5.92. The zero-order valence-electron chi connectivity index (χ0n) is 15.1. The highest BCUT2D eigenvalue weighted by Gasteiger charge is 2.39. The average Bonchev–Trinajstić information content (AvgIpc) is 3.30. The Bertz CT molecular complexity index is 770. The maximum atomic E-state index is 12.5. The Balaban J connectivity index is 1.45. The Labute approximate surface area is 149 Å². The molecule has 25 heavy (non-hydrogen) atoms. The smallest absolute Gasteiger partial charge is 0.287 e. The number of hydrogen-bond acceptors (Lipinski definition) is 3. The van der Waals surface area contributed by atoms with Gasteiger partial charge in [-0.3, -0.25) is 4.79 Å². The van der Waals surface area contributed by atoms with Gasteiger partial charge in [-0.1, -0.05) is 45.0 Å². The molecule has 2 aliphatic rings. The summed E-state index contributed by atoms with van der Waals surface area (Å²) in [5.74, 6) is 1.01. The number of carbonyl (C=O) groups is 1. The summed E-state index contributed by atoms with van der Waals surface area (Å²) in [6.07, 6.45) is 3.41. The van der Waals surface area contributed by atoms with Crippen molar-refractivity contribution >= 4 is 5.91 Å². The summed E-state index contributed by atoms with van der Waals surface area (Å²) in [5, 5.41) is 6.66. The largest absolute Gasteiger partial charge is 0.451 e. The van der Waals surface area contributed by atoms with Crippen molar-refractivity contribution in [2.45, 2.75) is 63.6 Å². The number of rotatable bonds is 3. The highest BCUT2D eigenvalue weighted by Crippen LogP contribution is 2.29. The number of benzene rings is 1. The summed E-state index contributed by atoms with van der Waals surface area (Å²) < 4.78 is 5.81. The first-order chi connectivity index (χ1) is 11.9. The van der Waals surface area contributed by atoms with Crippen LogP contribution >= 0.6 is 0 Å². The van der Waals surface area contributed by atoms with Gasteiger partial charge in [-0.05, 0) is 42.4 Å². The van der Waals surface area contributed by atoms with Gasteiger partial charge in [0.2, 0.25) is 0 Å². The van der Waals surface area contributed by atoms with E-state index in [0.29, 0.717) is 17.8 Å². The topological polar surface area (TPSA) is 54.3 Å². The van der Waals surface area contributed by atoms with Crippen molar-refractivity contribution in [3.8, 4) is 11.3 Å². The second-order valence-corrected chi connectivity index (χ2v) is 8.35. The van der Waals surface area contributed by atoms with Gasteiger partial charge >= 0.3 is 0 Å². The fourth-order valence-electron chi connectivity index (χ4n) is 3.97. The zero-order chi connectivity index (χ0) is 17.6. The van der Waals surface area contributed by atoms with Gasteiger partial charge in [0.25, 0.3) is 5.91 Å². The van der Waals surface area contributed by atoms with E-state index in [0.717, 1.165) is 24.2 Å². The minimum atomic E-state index is -0.114. The third-order valence-corrected chi connectivity index (χ3v) is 5.48. The van der Waals surface area contributed by atoms with Crippen LogP contribution in [-0.4, -0.2) is 24.0 Å². The van der Waals surface area contributed by atoms with E-state index in [2.05, 4.69) is 55.7 Å². The van der Waals surface area contributed by atoms with E-state index in [1.54, 1.807) is 6.07 Å². The maximum absolute atomic E-state index is 12.5. The van der Waals surface area contributed by atoms with Crippen LogP contribution in [0.4, 0.5) is 0 Å². The van der Waals surface area contributed by atoms with Crippen LogP contribution in [0.25, 0.3) is 11.3 Å². The number of carbonyl (C=O) groups excluding carboxylic acids is 1. The molecule has 3 atom stereocenters. The van der Waals surface area contributed by atoms with Crippen molar-refractivity contribution in [2.24, 2.45) is 0 Å². The molecule has 2 fully saturated rings. The van der Waals surface area contributed by atoms with Gasteiger partial charge in [-0.25, -0.2) is 0 Å². The molecule has 132 valence electrons. The molecule has 2 aliphatic heterocycles. The van der Waals surface area contributed by atoms with Crippen LogP contribution in [0, 0.1) is 0 Å². The lowest BCUT2D eigenvalue weighted by atomic mass is 9.86. The number of nitrogens with one attached hydrogen (secondary N) is 2. The van der Waals surface area contributed by atoms with Crippen molar-refractivity contribution in [2.75, 3.05) is 0 Å². The molecule has 0 spiro atoms. The molecular weight excluding hydrogens is 312 g/mol. The normalized spacial score (nSPS) is 25.3. The van der Waals surface area contributed by atoms with Gasteiger partial charge < -0.3 is 15.1 Å². The molecule has 0 radical (unpaired) electrons. The fraction of sp³-hybridized carbons (Fsp3) is 0.476. The molecule has 3 heterocycles. The molecule has 0 saturated carbocycles. The van der Waals surface area contributed by atoms with E-state index in [9.17, 15) is 4.79 Å². The van der Waals surface area contributed by atoms with Crippen molar-refractivity contribution < 1.29 is 9.21 Å². The summed E-state index contributed by atoms with van der Waals surface area (Å²) in [6.45, 7) is 6.59. The number of amides is 1. The molecule has 0 unspecified atom stereocenters. The van der Waals surface area contributed by atoms with Crippen LogP contribution in [0.2, 0.25) is 0 Å². The van der Waals surface area contributed by atoms with Crippen molar-refractivity contribution in [3.63, 3.8) is 0 Å². The lowest BCUT2D eigenvalue weighted by Gasteiger charge is -2.20. The van der Waals surface area contributed by atoms with Gasteiger partial charge in [0.15, 0.2) is 5.76 Å². The summed E-state index contributed by atoms with van der Waals surface area (Å²) in [4.78, 5) is 12.5. The molecular formula is C21H26N2O2. The first-order valence-corrected chi connectivity index (χ1v) is 9.18. The van der Waals surface area contributed by atoms with Crippen LogP contribution in [-0.2, 0) is 5.41 Å². The zero-order valence-corrected chi connectivity index (χ0v) is 15.1. The van der Waals surface area contributed by atoms with Crippen LogP contribution in [0.5, 0.6) is 0 Å². The van der Waals surface area contributed by atoms with E-state index >= 15 is 0 Å². The lowest BCUT2D eigenvalue weighted by Crippen LogP contribution is -2.42. The van der Waals surface area contributed by atoms with Gasteiger partial charge in [0.05, 0.1) is 0 Å². The Hall–Kier alpha value is -2.07. The summed E-state index contributed by atoms with van der Waals surface area (Å²) >= 11 is 0. The average molecular weight is 338 g/mol. The molecule has 2 saturated heterocycles. The second-order valence-electron chi connectivity index (χ2n) is 8.35. The minimum absolute atomic E-state index is 0.114. The highest BCUT2D eigenvalue weighted by atomic mass is 16.3.